The van der Waals surface area contributed by atoms with E-state index in [1.165, 1.54) is 0 Å². The maximum absolute atomic E-state index is 5.96. The summed E-state index contributed by atoms with van der Waals surface area (Å²) in [6.07, 6.45) is 0.982. The minimum Gasteiger partial charge on any atom is -0.253 e. The molecule has 0 saturated carbocycles. The van der Waals surface area contributed by atoms with E-state index in [1.54, 1.807) is 0 Å². The fourth-order valence-corrected chi connectivity index (χ4v) is 1.94. The van der Waals surface area contributed by atoms with Crippen molar-refractivity contribution in [2.45, 2.75) is 27.2 Å². The Hall–Kier alpha value is -1.08. The summed E-state index contributed by atoms with van der Waals surface area (Å²) in [5.41, 5.74) is 2.37. The van der Waals surface area contributed by atoms with Gasteiger partial charge in [-0.15, -0.1) is 0 Å². The molecule has 0 aliphatic heterocycles. The Morgan fingerprint density at radius 1 is 1.12 bits per heavy atom. The molecule has 0 unspecified atom stereocenters. The second-order valence-corrected chi connectivity index (χ2v) is 5.81. The summed E-state index contributed by atoms with van der Waals surface area (Å²) in [6.45, 7) is 6.66. The van der Waals surface area contributed by atoms with Crippen molar-refractivity contribution in [1.82, 2.24) is 4.98 Å². The van der Waals surface area contributed by atoms with Gasteiger partial charge in [0.05, 0.1) is 5.52 Å². The lowest BCUT2D eigenvalue weighted by molar-refractivity contribution is 0.407. The van der Waals surface area contributed by atoms with Gasteiger partial charge < -0.3 is 0 Å². The average molecular weight is 234 g/mol. The summed E-state index contributed by atoms with van der Waals surface area (Å²) in [5.74, 6) is 0. The fraction of sp³-hybridized carbons (Fsp3) is 0.357. The maximum Gasteiger partial charge on any atom is 0.0720 e. The molecule has 2 rings (SSSR count). The number of pyridine rings is 1. The van der Waals surface area contributed by atoms with E-state index in [9.17, 15) is 0 Å². The zero-order valence-corrected chi connectivity index (χ0v) is 10.7. The molecule has 2 heteroatoms. The van der Waals surface area contributed by atoms with E-state index in [0.29, 0.717) is 0 Å². The summed E-state index contributed by atoms with van der Waals surface area (Å²) < 4.78 is 0. The molecule has 1 aromatic heterocycles. The van der Waals surface area contributed by atoms with Crippen LogP contribution in [-0.4, -0.2) is 4.98 Å². The number of rotatable bonds is 1. The van der Waals surface area contributed by atoms with E-state index >= 15 is 0 Å². The van der Waals surface area contributed by atoms with Crippen molar-refractivity contribution in [3.63, 3.8) is 0 Å². The Bertz CT molecular complexity index is 512. The Morgan fingerprint density at radius 2 is 1.81 bits per heavy atom. The molecule has 0 saturated heterocycles. The monoisotopic (exact) mass is 233 g/mol. The molecular formula is C14H16ClN. The number of aromatic nitrogens is 1. The molecule has 0 atom stereocenters. The first-order chi connectivity index (χ1) is 7.44. The second-order valence-electron chi connectivity index (χ2n) is 5.38. The molecule has 0 radical (unpaired) electrons. The maximum atomic E-state index is 5.96. The first-order valence-corrected chi connectivity index (χ1v) is 5.87. The Kier molecular flexibility index (Phi) is 2.90. The highest BCUT2D eigenvalue weighted by molar-refractivity contribution is 6.31. The van der Waals surface area contributed by atoms with Gasteiger partial charge in [-0.2, -0.15) is 0 Å². The van der Waals surface area contributed by atoms with Gasteiger partial charge in [0.1, 0.15) is 0 Å². The minimum atomic E-state index is 0.263. The van der Waals surface area contributed by atoms with Crippen LogP contribution in [0.1, 0.15) is 26.5 Å². The van der Waals surface area contributed by atoms with Crippen LogP contribution < -0.4 is 0 Å². The molecule has 0 bridgehead atoms. The lowest BCUT2D eigenvalue weighted by atomic mass is 9.90. The molecule has 0 N–H and O–H groups in total. The van der Waals surface area contributed by atoms with Gasteiger partial charge in [0.25, 0.3) is 0 Å². The van der Waals surface area contributed by atoms with Gasteiger partial charge in [-0.3, -0.25) is 4.98 Å². The molecule has 1 nitrogen and oxygen atoms in total. The van der Waals surface area contributed by atoms with Gasteiger partial charge in [-0.1, -0.05) is 44.5 Å². The first kappa shape index (κ1) is 11.4. The van der Waals surface area contributed by atoms with Crippen molar-refractivity contribution in [2.24, 2.45) is 5.41 Å². The van der Waals surface area contributed by atoms with E-state index in [1.807, 2.05) is 18.2 Å². The molecule has 16 heavy (non-hydrogen) atoms. The summed E-state index contributed by atoms with van der Waals surface area (Å²) in [5, 5.41) is 1.88. The molecule has 0 spiro atoms. The van der Waals surface area contributed by atoms with E-state index in [4.69, 9.17) is 11.6 Å². The summed E-state index contributed by atoms with van der Waals surface area (Å²) in [7, 11) is 0. The van der Waals surface area contributed by atoms with Gasteiger partial charge in [0.15, 0.2) is 0 Å². The number of nitrogens with zero attached hydrogens (tertiary/aromatic N) is 1. The predicted octanol–water partition coefficient (Wildman–Crippen LogP) is 4.48. The Balaban J connectivity index is 2.43. The van der Waals surface area contributed by atoms with Crippen LogP contribution in [0.25, 0.3) is 10.9 Å². The summed E-state index contributed by atoms with van der Waals surface area (Å²) in [6, 6.07) is 10.0. The van der Waals surface area contributed by atoms with Crippen molar-refractivity contribution < 1.29 is 0 Å². The van der Waals surface area contributed by atoms with Crippen molar-refractivity contribution in [3.8, 4) is 0 Å². The van der Waals surface area contributed by atoms with Gasteiger partial charge in [0.2, 0.25) is 0 Å². The molecule has 1 heterocycles. The number of hydrogen-bond acceptors (Lipinski definition) is 1. The number of fused-ring (bicyclic) bond motifs is 1. The summed E-state index contributed by atoms with van der Waals surface area (Å²) in [4.78, 5) is 4.64. The van der Waals surface area contributed by atoms with Crippen LogP contribution in [-0.2, 0) is 6.42 Å². The molecule has 0 amide bonds. The lowest BCUT2D eigenvalue weighted by Gasteiger charge is -2.17. The smallest absolute Gasteiger partial charge is 0.0720 e. The van der Waals surface area contributed by atoms with Crippen LogP contribution in [0.15, 0.2) is 30.3 Å². The second kappa shape index (κ2) is 4.06. The van der Waals surface area contributed by atoms with E-state index in [0.717, 1.165) is 28.0 Å². The highest BCUT2D eigenvalue weighted by Gasteiger charge is 2.12. The van der Waals surface area contributed by atoms with Crippen LogP contribution in [0.4, 0.5) is 0 Å². The largest absolute Gasteiger partial charge is 0.253 e. The minimum absolute atomic E-state index is 0.263. The van der Waals surface area contributed by atoms with Crippen LogP contribution >= 0.6 is 11.6 Å². The fourth-order valence-electron chi connectivity index (χ4n) is 1.77. The van der Waals surface area contributed by atoms with Crippen molar-refractivity contribution >= 4 is 22.5 Å². The lowest BCUT2D eigenvalue weighted by Crippen LogP contribution is -2.10. The number of halogens is 1. The molecule has 2 aromatic rings. The topological polar surface area (TPSA) is 12.9 Å². The quantitative estimate of drug-likeness (QED) is 0.708. The van der Waals surface area contributed by atoms with Crippen LogP contribution in [0, 0.1) is 5.41 Å². The number of benzene rings is 1. The molecular weight excluding hydrogens is 218 g/mol. The van der Waals surface area contributed by atoms with Gasteiger partial charge in [-0.25, -0.2) is 0 Å². The predicted molar refractivity (Wildman–Crippen MR) is 69.9 cm³/mol. The highest BCUT2D eigenvalue weighted by Crippen LogP contribution is 2.22. The third kappa shape index (κ3) is 2.73. The van der Waals surface area contributed by atoms with Crippen molar-refractivity contribution in [1.29, 1.82) is 0 Å². The van der Waals surface area contributed by atoms with E-state index in [-0.39, 0.29) is 5.41 Å². The molecule has 0 aliphatic carbocycles. The summed E-state index contributed by atoms with van der Waals surface area (Å²) >= 11 is 5.96. The SMILES string of the molecule is CC(C)(C)Cc1ccc2ccc(Cl)cc2n1. The van der Waals surface area contributed by atoms with Crippen molar-refractivity contribution in [3.05, 3.63) is 41.0 Å². The molecule has 1 aromatic carbocycles. The third-order valence-electron chi connectivity index (χ3n) is 2.42. The standard InChI is InChI=1S/C14H16ClN/c1-14(2,3)9-12-7-5-10-4-6-11(15)8-13(10)16-12/h4-8H,9H2,1-3H3. The highest BCUT2D eigenvalue weighted by atomic mass is 35.5. The molecule has 0 fully saturated rings. The van der Waals surface area contributed by atoms with Crippen LogP contribution in [0.3, 0.4) is 0 Å². The van der Waals surface area contributed by atoms with E-state index in [2.05, 4.69) is 37.9 Å². The average Bonchev–Trinajstić information content (AvgIpc) is 2.14. The van der Waals surface area contributed by atoms with Crippen molar-refractivity contribution in [2.75, 3.05) is 0 Å². The first-order valence-electron chi connectivity index (χ1n) is 5.49. The Morgan fingerprint density at radius 3 is 2.50 bits per heavy atom. The molecule has 0 aliphatic rings. The van der Waals surface area contributed by atoms with Gasteiger partial charge >= 0.3 is 0 Å². The van der Waals surface area contributed by atoms with Gasteiger partial charge in [0, 0.05) is 16.1 Å². The third-order valence-corrected chi connectivity index (χ3v) is 2.66. The zero-order chi connectivity index (χ0) is 11.8. The number of hydrogen-bond donors (Lipinski definition) is 0. The Labute approximate surface area is 101 Å². The van der Waals surface area contributed by atoms with Crippen LogP contribution in [0.2, 0.25) is 5.02 Å². The zero-order valence-electron chi connectivity index (χ0n) is 9.92. The normalized spacial score (nSPS) is 12.0. The molecule has 84 valence electrons. The van der Waals surface area contributed by atoms with Gasteiger partial charge in [-0.05, 0) is 30.0 Å². The van der Waals surface area contributed by atoms with E-state index < -0.39 is 0 Å². The van der Waals surface area contributed by atoms with Crippen LogP contribution in [0.5, 0.6) is 0 Å².